The van der Waals surface area contributed by atoms with Gasteiger partial charge >= 0.3 is 0 Å². The highest BCUT2D eigenvalue weighted by atomic mass is 19.1. The van der Waals surface area contributed by atoms with Crippen LogP contribution in [0.2, 0.25) is 0 Å². The van der Waals surface area contributed by atoms with Gasteiger partial charge in [-0.05, 0) is 49.0 Å². The van der Waals surface area contributed by atoms with Crippen LogP contribution in [-0.4, -0.2) is 50.7 Å². The van der Waals surface area contributed by atoms with Gasteiger partial charge in [0.1, 0.15) is 5.82 Å². The Labute approximate surface area is 153 Å². The Morgan fingerprint density at radius 3 is 2.42 bits per heavy atom. The minimum atomic E-state index is -0.255. The SMILES string of the molecule is CN(CC(=O)Nc1ccc(N2CCOCC2)cc1)Cc1ccc(F)cc1. The summed E-state index contributed by atoms with van der Waals surface area (Å²) in [6.07, 6.45) is 0. The first-order valence-electron chi connectivity index (χ1n) is 8.76. The lowest BCUT2D eigenvalue weighted by molar-refractivity contribution is -0.117. The van der Waals surface area contributed by atoms with Gasteiger partial charge in [0.15, 0.2) is 0 Å². The van der Waals surface area contributed by atoms with Crippen molar-refractivity contribution in [3.8, 4) is 0 Å². The fraction of sp³-hybridized carbons (Fsp3) is 0.350. The van der Waals surface area contributed by atoms with Crippen LogP contribution in [0.25, 0.3) is 0 Å². The number of morpholine rings is 1. The van der Waals surface area contributed by atoms with Crippen molar-refractivity contribution in [3.63, 3.8) is 0 Å². The third-order valence-corrected chi connectivity index (χ3v) is 4.31. The average molecular weight is 357 g/mol. The molecule has 0 unspecified atom stereocenters. The summed E-state index contributed by atoms with van der Waals surface area (Å²) in [5.41, 5.74) is 2.89. The molecule has 0 saturated carbocycles. The zero-order chi connectivity index (χ0) is 18.4. The highest BCUT2D eigenvalue weighted by Gasteiger charge is 2.12. The molecule has 1 amide bonds. The van der Waals surface area contributed by atoms with Crippen molar-refractivity contribution in [2.75, 3.05) is 50.1 Å². The van der Waals surface area contributed by atoms with Crippen molar-refractivity contribution in [1.29, 1.82) is 0 Å². The Hall–Kier alpha value is -2.44. The lowest BCUT2D eigenvalue weighted by Gasteiger charge is -2.28. The van der Waals surface area contributed by atoms with E-state index in [1.165, 1.54) is 12.1 Å². The molecule has 6 heteroatoms. The van der Waals surface area contributed by atoms with E-state index in [4.69, 9.17) is 4.74 Å². The molecule has 0 atom stereocenters. The zero-order valence-corrected chi connectivity index (χ0v) is 15.0. The standard InChI is InChI=1S/C20H24FN3O2/c1-23(14-16-2-4-17(21)5-3-16)15-20(25)22-18-6-8-19(9-7-18)24-10-12-26-13-11-24/h2-9H,10-15H2,1H3,(H,22,25). The van der Waals surface area contributed by atoms with Gasteiger partial charge in [-0.1, -0.05) is 12.1 Å². The summed E-state index contributed by atoms with van der Waals surface area (Å²) in [7, 11) is 1.87. The summed E-state index contributed by atoms with van der Waals surface area (Å²) in [5.74, 6) is -0.330. The molecule has 0 spiro atoms. The number of ether oxygens (including phenoxy) is 1. The first kappa shape index (κ1) is 18.4. The molecule has 1 heterocycles. The summed E-state index contributed by atoms with van der Waals surface area (Å²) in [6, 6.07) is 14.2. The molecule has 26 heavy (non-hydrogen) atoms. The molecule has 138 valence electrons. The van der Waals surface area contributed by atoms with Gasteiger partial charge in [-0.25, -0.2) is 4.39 Å². The summed E-state index contributed by atoms with van der Waals surface area (Å²) < 4.78 is 18.3. The maximum atomic E-state index is 12.9. The molecular formula is C20H24FN3O2. The van der Waals surface area contributed by atoms with Crippen LogP contribution >= 0.6 is 0 Å². The summed E-state index contributed by atoms with van der Waals surface area (Å²) in [4.78, 5) is 16.4. The van der Waals surface area contributed by atoms with Gasteiger partial charge in [-0.3, -0.25) is 9.69 Å². The Morgan fingerprint density at radius 1 is 1.12 bits per heavy atom. The van der Waals surface area contributed by atoms with Crippen LogP contribution in [0.5, 0.6) is 0 Å². The van der Waals surface area contributed by atoms with Gasteiger partial charge in [-0.15, -0.1) is 0 Å². The number of carbonyl (C=O) groups excluding carboxylic acids is 1. The normalized spacial score (nSPS) is 14.5. The Bertz CT molecular complexity index is 713. The van der Waals surface area contributed by atoms with Crippen molar-refractivity contribution in [2.24, 2.45) is 0 Å². The first-order chi connectivity index (χ1) is 12.6. The second-order valence-corrected chi connectivity index (χ2v) is 6.49. The van der Waals surface area contributed by atoms with Crippen LogP contribution in [0.1, 0.15) is 5.56 Å². The van der Waals surface area contributed by atoms with Gasteiger partial charge in [0.25, 0.3) is 0 Å². The van der Waals surface area contributed by atoms with Crippen LogP contribution < -0.4 is 10.2 Å². The van der Waals surface area contributed by atoms with E-state index in [9.17, 15) is 9.18 Å². The van der Waals surface area contributed by atoms with E-state index in [-0.39, 0.29) is 18.3 Å². The fourth-order valence-electron chi connectivity index (χ4n) is 2.98. The number of nitrogens with zero attached hydrogens (tertiary/aromatic N) is 2. The molecule has 5 nitrogen and oxygen atoms in total. The number of anilines is 2. The van der Waals surface area contributed by atoms with Crippen molar-refractivity contribution in [2.45, 2.75) is 6.54 Å². The number of halogens is 1. The van der Waals surface area contributed by atoms with E-state index < -0.39 is 0 Å². The smallest absolute Gasteiger partial charge is 0.238 e. The average Bonchev–Trinajstić information content (AvgIpc) is 2.65. The molecule has 1 aliphatic heterocycles. The largest absolute Gasteiger partial charge is 0.378 e. The maximum Gasteiger partial charge on any atom is 0.238 e. The number of amides is 1. The van der Waals surface area contributed by atoms with Crippen LogP contribution in [0.3, 0.4) is 0 Å². The van der Waals surface area contributed by atoms with Crippen molar-refractivity contribution in [1.82, 2.24) is 4.90 Å². The third-order valence-electron chi connectivity index (χ3n) is 4.31. The molecule has 1 N–H and O–H groups in total. The molecule has 2 aromatic rings. The van der Waals surface area contributed by atoms with Gasteiger partial charge in [0, 0.05) is 31.0 Å². The summed E-state index contributed by atoms with van der Waals surface area (Å²) in [5, 5.41) is 2.91. The van der Waals surface area contributed by atoms with Gasteiger partial charge in [0.2, 0.25) is 5.91 Å². The second kappa shape index (κ2) is 8.78. The lowest BCUT2D eigenvalue weighted by Crippen LogP contribution is -2.36. The van der Waals surface area contributed by atoms with Crippen molar-refractivity contribution < 1.29 is 13.9 Å². The number of benzene rings is 2. The maximum absolute atomic E-state index is 12.9. The molecule has 0 bridgehead atoms. The summed E-state index contributed by atoms with van der Waals surface area (Å²) >= 11 is 0. The lowest BCUT2D eigenvalue weighted by atomic mass is 10.2. The number of carbonyl (C=O) groups is 1. The molecule has 1 saturated heterocycles. The Kier molecular flexibility index (Phi) is 6.20. The van der Waals surface area contributed by atoms with Gasteiger partial charge in [0.05, 0.1) is 19.8 Å². The molecular weight excluding hydrogens is 333 g/mol. The predicted octanol–water partition coefficient (Wildman–Crippen LogP) is 2.73. The highest BCUT2D eigenvalue weighted by molar-refractivity contribution is 5.92. The van der Waals surface area contributed by atoms with E-state index >= 15 is 0 Å². The highest BCUT2D eigenvalue weighted by Crippen LogP contribution is 2.19. The molecule has 0 aliphatic carbocycles. The Morgan fingerprint density at radius 2 is 1.77 bits per heavy atom. The van der Waals surface area contributed by atoms with Crippen molar-refractivity contribution >= 4 is 17.3 Å². The van der Waals surface area contributed by atoms with Crippen LogP contribution in [0.15, 0.2) is 48.5 Å². The number of hydrogen-bond acceptors (Lipinski definition) is 4. The quantitative estimate of drug-likeness (QED) is 0.863. The topological polar surface area (TPSA) is 44.8 Å². The monoisotopic (exact) mass is 357 g/mol. The molecule has 1 aliphatic rings. The second-order valence-electron chi connectivity index (χ2n) is 6.49. The van der Waals surface area contributed by atoms with E-state index in [0.29, 0.717) is 6.54 Å². The molecule has 0 radical (unpaired) electrons. The van der Waals surface area contributed by atoms with Gasteiger partial charge in [-0.2, -0.15) is 0 Å². The third kappa shape index (κ3) is 5.28. The van der Waals surface area contributed by atoms with Crippen LogP contribution in [0, 0.1) is 5.82 Å². The summed E-state index contributed by atoms with van der Waals surface area (Å²) in [6.45, 7) is 4.13. The van der Waals surface area contributed by atoms with E-state index in [1.54, 1.807) is 12.1 Å². The number of nitrogens with one attached hydrogen (secondary N) is 1. The molecule has 0 aromatic heterocycles. The predicted molar refractivity (Wildman–Crippen MR) is 101 cm³/mol. The van der Waals surface area contributed by atoms with E-state index in [0.717, 1.165) is 43.2 Å². The minimum Gasteiger partial charge on any atom is -0.378 e. The Balaban J connectivity index is 1.48. The molecule has 1 fully saturated rings. The van der Waals surface area contributed by atoms with Crippen LogP contribution in [-0.2, 0) is 16.1 Å². The van der Waals surface area contributed by atoms with Crippen molar-refractivity contribution in [3.05, 3.63) is 59.9 Å². The minimum absolute atomic E-state index is 0.0752. The van der Waals surface area contributed by atoms with E-state index in [2.05, 4.69) is 10.2 Å². The fourth-order valence-corrected chi connectivity index (χ4v) is 2.98. The van der Waals surface area contributed by atoms with Crippen LogP contribution in [0.4, 0.5) is 15.8 Å². The molecule has 3 rings (SSSR count). The zero-order valence-electron chi connectivity index (χ0n) is 15.0. The first-order valence-corrected chi connectivity index (χ1v) is 8.76. The number of hydrogen-bond donors (Lipinski definition) is 1. The number of rotatable bonds is 6. The van der Waals surface area contributed by atoms with E-state index in [1.807, 2.05) is 36.2 Å². The molecule has 2 aromatic carbocycles. The number of likely N-dealkylation sites (N-methyl/N-ethyl adjacent to an activating group) is 1. The van der Waals surface area contributed by atoms with Gasteiger partial charge < -0.3 is 15.0 Å².